The van der Waals surface area contributed by atoms with Gasteiger partial charge in [-0.2, -0.15) is 26.9 Å². The summed E-state index contributed by atoms with van der Waals surface area (Å²) in [6, 6.07) is -5.20. The lowest BCUT2D eigenvalue weighted by atomic mass is 10.0. The van der Waals surface area contributed by atoms with Gasteiger partial charge in [0.15, 0.2) is 5.79 Å². The van der Waals surface area contributed by atoms with Gasteiger partial charge in [-0.05, 0) is 12.5 Å². The molecule has 0 N–H and O–H groups in total. The molecule has 0 bridgehead atoms. The molecule has 0 radical (unpaired) electrons. The first-order valence-corrected chi connectivity index (χ1v) is 5.40. The summed E-state index contributed by atoms with van der Waals surface area (Å²) in [4.78, 5) is -0.431. The third-order valence-corrected chi connectivity index (χ3v) is 2.58. The van der Waals surface area contributed by atoms with E-state index in [0.29, 0.717) is 0 Å². The van der Waals surface area contributed by atoms with Gasteiger partial charge >= 0.3 is 12.2 Å². The number of rotatable bonds is 4. The molecule has 0 aliphatic heterocycles. The fourth-order valence-electron chi connectivity index (χ4n) is 1.72. The van der Waals surface area contributed by atoms with Crippen LogP contribution in [0.2, 0.25) is 0 Å². The summed E-state index contributed by atoms with van der Waals surface area (Å²) in [5, 5.41) is 0. The van der Waals surface area contributed by atoms with Crippen LogP contribution in [0.3, 0.4) is 0 Å². The fraction of sp³-hybridized carbons (Fsp3) is 0.636. The molecule has 1 aliphatic carbocycles. The lowest BCUT2D eigenvalue weighted by Gasteiger charge is -2.41. The second-order valence-corrected chi connectivity index (χ2v) is 4.00. The molecule has 7 heteroatoms. The molecule has 1 unspecified atom stereocenters. The van der Waals surface area contributed by atoms with E-state index in [2.05, 4.69) is 0 Å². The van der Waals surface area contributed by atoms with Crippen LogP contribution in [-0.2, 0) is 0 Å². The Bertz CT molecular complexity index is 346. The van der Waals surface area contributed by atoms with Crippen molar-refractivity contribution in [2.75, 3.05) is 6.54 Å². The van der Waals surface area contributed by atoms with E-state index >= 15 is 0 Å². The molecular weight excluding hydrogens is 260 g/mol. The Balaban J connectivity index is 3.10. The van der Waals surface area contributed by atoms with E-state index in [9.17, 15) is 26.3 Å². The molecule has 0 saturated heterocycles. The molecule has 0 aromatic carbocycles. The van der Waals surface area contributed by atoms with Crippen LogP contribution in [0.15, 0.2) is 24.3 Å². The Morgan fingerprint density at radius 2 is 1.78 bits per heavy atom. The van der Waals surface area contributed by atoms with E-state index < -0.39 is 35.9 Å². The van der Waals surface area contributed by atoms with Crippen molar-refractivity contribution in [1.29, 1.82) is 0 Å². The molecule has 0 saturated carbocycles. The van der Waals surface area contributed by atoms with E-state index in [1.54, 1.807) is 0 Å². The molecule has 1 rings (SSSR count). The summed E-state index contributed by atoms with van der Waals surface area (Å²) >= 11 is 0. The highest BCUT2D eigenvalue weighted by molar-refractivity contribution is 5.18. The second kappa shape index (κ2) is 4.95. The molecule has 1 aliphatic rings. The molecule has 18 heavy (non-hydrogen) atoms. The number of allylic oxidation sites excluding steroid dienone is 2. The van der Waals surface area contributed by atoms with Gasteiger partial charge in [0.25, 0.3) is 0 Å². The average Bonchev–Trinajstić information content (AvgIpc) is 2.25. The maximum atomic E-state index is 14.3. The van der Waals surface area contributed by atoms with E-state index in [-0.39, 0.29) is 6.42 Å². The maximum Gasteiger partial charge on any atom is 0.469 e. The third kappa shape index (κ3) is 2.71. The van der Waals surface area contributed by atoms with Crippen LogP contribution in [0.25, 0.3) is 0 Å². The first kappa shape index (κ1) is 15.1. The first-order valence-electron chi connectivity index (χ1n) is 5.40. The Kier molecular flexibility index (Phi) is 4.15. The third-order valence-electron chi connectivity index (χ3n) is 2.58. The van der Waals surface area contributed by atoms with E-state index in [0.717, 1.165) is 12.2 Å². The van der Waals surface area contributed by atoms with Gasteiger partial charge in [-0.3, -0.25) is 0 Å². The quantitative estimate of drug-likeness (QED) is 0.552. The van der Waals surface area contributed by atoms with Gasteiger partial charge in [0, 0.05) is 13.0 Å². The van der Waals surface area contributed by atoms with Gasteiger partial charge in [0.1, 0.15) is 0 Å². The van der Waals surface area contributed by atoms with Crippen LogP contribution in [0.4, 0.5) is 26.3 Å². The molecule has 0 amide bonds. The average molecular weight is 273 g/mol. The van der Waals surface area contributed by atoms with Crippen LogP contribution in [-0.4, -0.2) is 29.5 Å². The smallest absolute Gasteiger partial charge is 0.221 e. The van der Waals surface area contributed by atoms with Gasteiger partial charge in [-0.25, -0.2) is 4.39 Å². The molecule has 0 fully saturated rings. The molecule has 0 aromatic heterocycles. The number of halogens is 6. The van der Waals surface area contributed by atoms with Gasteiger partial charge in [-0.15, -0.1) is 0 Å². The number of alkyl halides is 6. The molecular formula is C11H13F6N. The molecule has 1 atom stereocenters. The highest BCUT2D eigenvalue weighted by Crippen LogP contribution is 2.44. The lowest BCUT2D eigenvalue weighted by Crippen LogP contribution is -2.60. The Labute approximate surface area is 101 Å². The van der Waals surface area contributed by atoms with Crippen molar-refractivity contribution in [2.45, 2.75) is 37.8 Å². The summed E-state index contributed by atoms with van der Waals surface area (Å²) in [5.74, 6) is -2.82. The minimum Gasteiger partial charge on any atom is -0.221 e. The van der Waals surface area contributed by atoms with Crippen LogP contribution in [0.5, 0.6) is 0 Å². The normalized spacial score (nSPS) is 24.9. The van der Waals surface area contributed by atoms with E-state index in [1.165, 1.54) is 19.1 Å². The minimum atomic E-state index is -5.81. The highest BCUT2D eigenvalue weighted by Gasteiger charge is 2.65. The summed E-state index contributed by atoms with van der Waals surface area (Å²) < 4.78 is 77.9. The molecule has 0 heterocycles. The molecule has 104 valence electrons. The summed E-state index contributed by atoms with van der Waals surface area (Å²) in [7, 11) is 0. The van der Waals surface area contributed by atoms with Crippen LogP contribution in [0.1, 0.15) is 19.8 Å². The Morgan fingerprint density at radius 3 is 2.17 bits per heavy atom. The summed E-state index contributed by atoms with van der Waals surface area (Å²) in [6.07, 6.45) is -1.90. The van der Waals surface area contributed by atoms with E-state index in [1.807, 2.05) is 0 Å². The zero-order valence-corrected chi connectivity index (χ0v) is 9.65. The SMILES string of the molecule is CCCN(C1(F)C=CC=CC1)C(F)(F)C(F)(F)F. The van der Waals surface area contributed by atoms with Crippen molar-refractivity contribution in [2.24, 2.45) is 0 Å². The van der Waals surface area contributed by atoms with Crippen molar-refractivity contribution in [1.82, 2.24) is 4.90 Å². The largest absolute Gasteiger partial charge is 0.469 e. The first-order chi connectivity index (χ1) is 8.15. The van der Waals surface area contributed by atoms with Crippen molar-refractivity contribution in [3.05, 3.63) is 24.3 Å². The van der Waals surface area contributed by atoms with Crippen molar-refractivity contribution < 1.29 is 26.3 Å². The molecule has 0 aromatic rings. The lowest BCUT2D eigenvalue weighted by molar-refractivity contribution is -0.362. The van der Waals surface area contributed by atoms with Crippen LogP contribution in [0, 0.1) is 0 Å². The Morgan fingerprint density at radius 1 is 1.17 bits per heavy atom. The highest BCUT2D eigenvalue weighted by atomic mass is 19.4. The zero-order valence-electron chi connectivity index (χ0n) is 9.65. The van der Waals surface area contributed by atoms with Gasteiger partial charge < -0.3 is 0 Å². The van der Waals surface area contributed by atoms with Crippen molar-refractivity contribution in [3.63, 3.8) is 0 Å². The number of hydrogen-bond acceptors (Lipinski definition) is 1. The monoisotopic (exact) mass is 273 g/mol. The van der Waals surface area contributed by atoms with Crippen LogP contribution >= 0.6 is 0 Å². The van der Waals surface area contributed by atoms with Crippen molar-refractivity contribution in [3.8, 4) is 0 Å². The fourth-order valence-corrected chi connectivity index (χ4v) is 1.72. The predicted molar refractivity (Wildman–Crippen MR) is 54.7 cm³/mol. The molecule has 0 spiro atoms. The van der Waals surface area contributed by atoms with Crippen LogP contribution < -0.4 is 0 Å². The maximum absolute atomic E-state index is 14.3. The second-order valence-electron chi connectivity index (χ2n) is 4.00. The molecule has 1 nitrogen and oxygen atoms in total. The van der Waals surface area contributed by atoms with Gasteiger partial charge in [-0.1, -0.05) is 25.2 Å². The topological polar surface area (TPSA) is 3.24 Å². The van der Waals surface area contributed by atoms with E-state index in [4.69, 9.17) is 0 Å². The summed E-state index contributed by atoms with van der Waals surface area (Å²) in [5.41, 5.74) is 0. The van der Waals surface area contributed by atoms with Crippen molar-refractivity contribution >= 4 is 0 Å². The van der Waals surface area contributed by atoms with Gasteiger partial charge in [0.2, 0.25) is 0 Å². The standard InChI is InChI=1S/C11H13F6N/c1-2-8-18(11(16,17)10(13,14)15)9(12)6-4-3-5-7-9/h3-6H,2,7-8H2,1H3. The predicted octanol–water partition coefficient (Wildman–Crippen LogP) is 4.04. The number of hydrogen-bond donors (Lipinski definition) is 0. The van der Waals surface area contributed by atoms with Gasteiger partial charge in [0.05, 0.1) is 0 Å². The summed E-state index contributed by atoms with van der Waals surface area (Å²) in [6.45, 7) is 0.715. The minimum absolute atomic E-state index is 0.0190. The number of nitrogens with zero attached hydrogens (tertiary/aromatic N) is 1. The Hall–Kier alpha value is -0.980. The zero-order chi connectivity index (χ0) is 14.0.